The van der Waals surface area contributed by atoms with Crippen LogP contribution in [0.1, 0.15) is 30.0 Å². The molecule has 6 unspecified atom stereocenters. The maximum atomic E-state index is 12.7. The van der Waals surface area contributed by atoms with Crippen LogP contribution in [-0.4, -0.2) is 57.1 Å². The maximum absolute atomic E-state index is 12.7. The number of aliphatic imine (C=N–C) groups is 1. The molecule has 0 spiro atoms. The zero-order valence-corrected chi connectivity index (χ0v) is 23.9. The van der Waals surface area contributed by atoms with Gasteiger partial charge in [-0.1, -0.05) is 97.1 Å². The van der Waals surface area contributed by atoms with Crippen molar-refractivity contribution in [1.82, 2.24) is 5.01 Å². The molecule has 3 heterocycles. The summed E-state index contributed by atoms with van der Waals surface area (Å²) in [6.45, 7) is 2.68. The Morgan fingerprint density at radius 1 is 0.860 bits per heavy atom. The molecule has 5 N–H and O–H groups in total. The van der Waals surface area contributed by atoms with Crippen molar-refractivity contribution < 1.29 is 24.1 Å². The molecule has 222 valence electrons. The van der Waals surface area contributed by atoms with E-state index in [1.54, 1.807) is 5.01 Å². The van der Waals surface area contributed by atoms with Crippen LogP contribution in [0.5, 0.6) is 0 Å². The monoisotopic (exact) mass is 581 g/mol. The van der Waals surface area contributed by atoms with Crippen molar-refractivity contribution in [2.75, 3.05) is 0 Å². The topological polar surface area (TPSA) is 137 Å². The van der Waals surface area contributed by atoms with Crippen molar-refractivity contribution in [3.05, 3.63) is 119 Å². The van der Waals surface area contributed by atoms with Gasteiger partial charge in [-0.15, -0.1) is 5.10 Å². The Labute approximate surface area is 250 Å². The molecule has 3 aromatic carbocycles. The lowest BCUT2D eigenvalue weighted by atomic mass is 9.82. The molecule has 1 aliphatic carbocycles. The van der Waals surface area contributed by atoms with Crippen LogP contribution in [-0.2, 0) is 38.8 Å². The van der Waals surface area contributed by atoms with E-state index in [2.05, 4.69) is 10.1 Å². The first-order valence-electron chi connectivity index (χ1n) is 14.5. The number of ether oxygens (including phenoxy) is 4. The number of hydrogen-bond acceptors (Lipinski definition) is 10. The number of hydrogen-bond donors (Lipinski definition) is 3. The zero-order chi connectivity index (χ0) is 29.7. The van der Waals surface area contributed by atoms with Crippen molar-refractivity contribution >= 4 is 11.8 Å². The van der Waals surface area contributed by atoms with Crippen LogP contribution in [0.3, 0.4) is 0 Å². The molecule has 10 heteroatoms. The minimum Gasteiger partial charge on any atom is -0.382 e. The average molecular weight is 582 g/mol. The van der Waals surface area contributed by atoms with E-state index >= 15 is 0 Å². The van der Waals surface area contributed by atoms with Crippen molar-refractivity contribution in [3.63, 3.8) is 0 Å². The fourth-order valence-electron chi connectivity index (χ4n) is 6.62. The van der Waals surface area contributed by atoms with Gasteiger partial charge in [0.25, 0.3) is 0 Å². The summed E-state index contributed by atoms with van der Waals surface area (Å²) < 4.78 is 26.7. The first-order chi connectivity index (χ1) is 20.9. The second-order valence-corrected chi connectivity index (χ2v) is 11.5. The smallest absolute Gasteiger partial charge is 0.239 e. The van der Waals surface area contributed by atoms with E-state index in [0.29, 0.717) is 18.7 Å². The molecular formula is C33H35N5O5. The van der Waals surface area contributed by atoms with E-state index in [-0.39, 0.29) is 25.0 Å². The SMILES string of the molecule is CC1(OCc2ccccc2)C(O)(C2CC=C3C(N)=NC(N)=NN32)OC2C(OCc3ccccc3)C21OCc1ccccc1. The molecule has 6 atom stereocenters. The number of amidine groups is 1. The number of nitrogens with zero attached hydrogens (tertiary/aromatic N) is 3. The molecular weight excluding hydrogens is 546 g/mol. The Bertz CT molecular complexity index is 1570. The Hall–Kier alpha value is -4.06. The molecule has 1 saturated heterocycles. The van der Waals surface area contributed by atoms with Gasteiger partial charge in [-0.2, -0.15) is 4.99 Å². The fraction of sp³-hybridized carbons (Fsp3) is 0.333. The second kappa shape index (κ2) is 10.6. The van der Waals surface area contributed by atoms with Crippen LogP contribution >= 0.6 is 0 Å². The third kappa shape index (κ3) is 4.45. The number of rotatable bonds is 10. The second-order valence-electron chi connectivity index (χ2n) is 11.5. The lowest BCUT2D eigenvalue weighted by Gasteiger charge is -2.48. The third-order valence-corrected chi connectivity index (χ3v) is 8.95. The van der Waals surface area contributed by atoms with Gasteiger partial charge in [0.2, 0.25) is 11.7 Å². The predicted molar refractivity (Wildman–Crippen MR) is 160 cm³/mol. The van der Waals surface area contributed by atoms with Crippen LogP contribution in [0, 0.1) is 0 Å². The molecule has 0 bridgehead atoms. The summed E-state index contributed by atoms with van der Waals surface area (Å²) in [4.78, 5) is 4.10. The van der Waals surface area contributed by atoms with Gasteiger partial charge in [-0.05, 0) is 30.0 Å². The molecule has 10 nitrogen and oxygen atoms in total. The van der Waals surface area contributed by atoms with E-state index in [1.165, 1.54) is 0 Å². The van der Waals surface area contributed by atoms with Crippen LogP contribution < -0.4 is 11.5 Å². The molecule has 0 amide bonds. The molecule has 3 aromatic rings. The first-order valence-corrected chi connectivity index (χ1v) is 14.5. The van der Waals surface area contributed by atoms with E-state index in [4.69, 9.17) is 30.4 Å². The van der Waals surface area contributed by atoms with Crippen molar-refractivity contribution in [2.24, 2.45) is 21.6 Å². The molecule has 7 rings (SSSR count). The lowest BCUT2D eigenvalue weighted by Crippen LogP contribution is -2.68. The number of hydrazone groups is 1. The lowest BCUT2D eigenvalue weighted by molar-refractivity contribution is -0.332. The highest BCUT2D eigenvalue weighted by Crippen LogP contribution is 2.67. The minimum atomic E-state index is -1.89. The minimum absolute atomic E-state index is 0.000625. The largest absolute Gasteiger partial charge is 0.382 e. The van der Waals surface area contributed by atoms with Crippen molar-refractivity contribution in [3.8, 4) is 0 Å². The summed E-state index contributed by atoms with van der Waals surface area (Å²) in [7, 11) is 0. The zero-order valence-electron chi connectivity index (χ0n) is 23.9. The highest BCUT2D eigenvalue weighted by Gasteiger charge is 2.90. The van der Waals surface area contributed by atoms with Gasteiger partial charge in [-0.25, -0.2) is 5.01 Å². The summed E-state index contributed by atoms with van der Waals surface area (Å²) in [5.74, 6) is -1.66. The Balaban J connectivity index is 1.26. The van der Waals surface area contributed by atoms with Crippen LogP contribution in [0.2, 0.25) is 0 Å². The van der Waals surface area contributed by atoms with Gasteiger partial charge in [0, 0.05) is 0 Å². The molecule has 4 aliphatic rings. The van der Waals surface area contributed by atoms with Gasteiger partial charge in [-0.3, -0.25) is 0 Å². The quantitative estimate of drug-likeness (QED) is 0.332. The number of guanidine groups is 1. The third-order valence-electron chi connectivity index (χ3n) is 8.95. The molecule has 0 aromatic heterocycles. The van der Waals surface area contributed by atoms with E-state index in [1.807, 2.05) is 104 Å². The average Bonchev–Trinajstić information content (AvgIpc) is 3.30. The molecule has 3 aliphatic heterocycles. The molecule has 43 heavy (non-hydrogen) atoms. The highest BCUT2D eigenvalue weighted by atomic mass is 16.7. The predicted octanol–water partition coefficient (Wildman–Crippen LogP) is 3.16. The molecule has 1 saturated carbocycles. The summed E-state index contributed by atoms with van der Waals surface area (Å²) in [6.07, 6.45) is 1.13. The number of aliphatic hydroxyl groups is 1. The Morgan fingerprint density at radius 2 is 1.42 bits per heavy atom. The maximum Gasteiger partial charge on any atom is 0.239 e. The van der Waals surface area contributed by atoms with Gasteiger partial charge < -0.3 is 35.5 Å². The highest BCUT2D eigenvalue weighted by molar-refractivity contribution is 6.05. The van der Waals surface area contributed by atoms with Crippen molar-refractivity contribution in [1.29, 1.82) is 0 Å². The fourth-order valence-corrected chi connectivity index (χ4v) is 6.62. The van der Waals surface area contributed by atoms with Gasteiger partial charge in [0.1, 0.15) is 18.2 Å². The van der Waals surface area contributed by atoms with Crippen LogP contribution in [0.15, 0.2) is 113 Å². The van der Waals surface area contributed by atoms with Gasteiger partial charge in [0.05, 0.1) is 25.5 Å². The summed E-state index contributed by atoms with van der Waals surface area (Å²) in [6, 6.07) is 28.9. The summed E-state index contributed by atoms with van der Waals surface area (Å²) in [5, 5.41) is 18.7. The van der Waals surface area contributed by atoms with Crippen molar-refractivity contribution in [2.45, 2.75) is 68.4 Å². The normalized spacial score (nSPS) is 32.5. The number of benzene rings is 3. The number of fused-ring (bicyclic) bond motifs is 2. The first kappa shape index (κ1) is 27.8. The number of nitrogens with two attached hydrogens (primary N) is 2. The van der Waals surface area contributed by atoms with E-state index < -0.39 is 35.2 Å². The molecule has 2 fully saturated rings. The molecule has 0 radical (unpaired) electrons. The standard InChI is InChI=1S/C33H35N5O5/c1-31(41-20-23-13-7-3-8-14-23)32(42-21-24-15-9-4-10-16-24)27(40-19-22-11-5-2-6-12-22)28(32)43-33(31,39)26-18-17-25-29(34)36-30(35)37-38(25)26/h2-17,26-28,39H,18-21H2,1H3,(H4,34,35,36,37). The Morgan fingerprint density at radius 3 is 2.02 bits per heavy atom. The van der Waals surface area contributed by atoms with Crippen LogP contribution in [0.25, 0.3) is 0 Å². The van der Waals surface area contributed by atoms with Crippen LogP contribution in [0.4, 0.5) is 0 Å². The van der Waals surface area contributed by atoms with E-state index in [0.717, 1.165) is 16.7 Å². The Kier molecular flexibility index (Phi) is 6.83. The summed E-state index contributed by atoms with van der Waals surface area (Å²) >= 11 is 0. The summed E-state index contributed by atoms with van der Waals surface area (Å²) in [5.41, 5.74) is 13.1. The van der Waals surface area contributed by atoms with Gasteiger partial charge >= 0.3 is 0 Å². The van der Waals surface area contributed by atoms with Gasteiger partial charge in [0.15, 0.2) is 17.0 Å². The van der Waals surface area contributed by atoms with E-state index in [9.17, 15) is 5.11 Å².